The van der Waals surface area contributed by atoms with Gasteiger partial charge in [0.05, 0.1) is 6.42 Å². The molecule has 0 saturated carbocycles. The van der Waals surface area contributed by atoms with Crippen molar-refractivity contribution in [2.75, 3.05) is 13.1 Å². The molecule has 8 nitrogen and oxygen atoms in total. The number of piperidine rings is 1. The molecule has 0 spiro atoms. The summed E-state index contributed by atoms with van der Waals surface area (Å²) in [5.41, 5.74) is 0.949. The van der Waals surface area contributed by atoms with Gasteiger partial charge in [-0.15, -0.1) is 10.2 Å². The van der Waals surface area contributed by atoms with E-state index in [-0.39, 0.29) is 11.8 Å². The van der Waals surface area contributed by atoms with E-state index in [9.17, 15) is 4.79 Å². The van der Waals surface area contributed by atoms with Crippen molar-refractivity contribution in [3.05, 3.63) is 60.2 Å². The van der Waals surface area contributed by atoms with Gasteiger partial charge in [0.15, 0.2) is 5.82 Å². The average Bonchev–Trinajstić information content (AvgIpc) is 3.33. The van der Waals surface area contributed by atoms with E-state index in [0.717, 1.165) is 36.6 Å². The third kappa shape index (κ3) is 3.89. The molecule has 0 N–H and O–H groups in total. The molecular formula is C19H23N7O. The predicted octanol–water partition coefficient (Wildman–Crippen LogP) is 1.40. The van der Waals surface area contributed by atoms with E-state index in [2.05, 4.69) is 20.3 Å². The number of aromatic nitrogens is 6. The fourth-order valence-electron chi connectivity index (χ4n) is 3.61. The first kappa shape index (κ1) is 17.4. The van der Waals surface area contributed by atoms with E-state index in [4.69, 9.17) is 0 Å². The summed E-state index contributed by atoms with van der Waals surface area (Å²) in [4.78, 5) is 18.7. The van der Waals surface area contributed by atoms with E-state index >= 15 is 0 Å². The van der Waals surface area contributed by atoms with E-state index in [1.54, 1.807) is 18.6 Å². The second-order valence-electron chi connectivity index (χ2n) is 6.95. The molecule has 1 fully saturated rings. The molecule has 0 aliphatic carbocycles. The van der Waals surface area contributed by atoms with Crippen LogP contribution in [0.15, 0.2) is 43.0 Å². The molecular weight excluding hydrogens is 342 g/mol. The Morgan fingerprint density at radius 2 is 2.19 bits per heavy atom. The lowest BCUT2D eigenvalue weighted by Gasteiger charge is -2.32. The normalized spacial score (nSPS) is 17.2. The first-order valence-corrected chi connectivity index (χ1v) is 9.23. The third-order valence-electron chi connectivity index (χ3n) is 5.08. The molecule has 0 radical (unpaired) electrons. The molecule has 140 valence electrons. The highest BCUT2D eigenvalue weighted by atomic mass is 16.2. The summed E-state index contributed by atoms with van der Waals surface area (Å²) < 4.78 is 3.87. The van der Waals surface area contributed by atoms with Crippen LogP contribution in [0.4, 0.5) is 0 Å². The van der Waals surface area contributed by atoms with Crippen LogP contribution in [0.2, 0.25) is 0 Å². The van der Waals surface area contributed by atoms with Gasteiger partial charge < -0.3 is 9.47 Å². The van der Waals surface area contributed by atoms with Crippen LogP contribution in [-0.4, -0.2) is 53.4 Å². The van der Waals surface area contributed by atoms with Crippen molar-refractivity contribution in [2.45, 2.75) is 31.7 Å². The molecule has 1 saturated heterocycles. The molecule has 0 aromatic carbocycles. The highest BCUT2D eigenvalue weighted by Gasteiger charge is 2.28. The minimum Gasteiger partial charge on any atom is -0.342 e. The molecule has 3 aromatic rings. The number of amides is 1. The lowest BCUT2D eigenvalue weighted by atomic mass is 9.96. The van der Waals surface area contributed by atoms with E-state index < -0.39 is 0 Å². The monoisotopic (exact) mass is 365 g/mol. The van der Waals surface area contributed by atoms with Crippen molar-refractivity contribution in [1.82, 2.24) is 34.4 Å². The van der Waals surface area contributed by atoms with Gasteiger partial charge in [-0.05, 0) is 30.5 Å². The molecule has 4 rings (SSSR count). The fourth-order valence-corrected chi connectivity index (χ4v) is 3.61. The zero-order chi connectivity index (χ0) is 18.6. The zero-order valence-electron chi connectivity index (χ0n) is 15.4. The number of carbonyl (C=O) groups excluding carboxylic acids is 1. The number of hydrogen-bond donors (Lipinski definition) is 0. The summed E-state index contributed by atoms with van der Waals surface area (Å²) >= 11 is 0. The maximum Gasteiger partial charge on any atom is 0.227 e. The Hall–Kier alpha value is -3.03. The average molecular weight is 365 g/mol. The summed E-state index contributed by atoms with van der Waals surface area (Å²) in [6.45, 7) is 2.08. The fraction of sp³-hybridized carbons (Fsp3) is 0.421. The van der Waals surface area contributed by atoms with Gasteiger partial charge in [0.2, 0.25) is 5.91 Å². The Morgan fingerprint density at radius 1 is 1.26 bits per heavy atom. The summed E-state index contributed by atoms with van der Waals surface area (Å²) in [6.07, 6.45) is 9.53. The molecule has 8 heteroatoms. The maximum absolute atomic E-state index is 12.7. The van der Waals surface area contributed by atoms with E-state index in [1.165, 1.54) is 0 Å². The SMILES string of the molecule is Cn1c(Cn2cccn2)nnc1C1CCCN(C(=O)Cc2cccnc2)C1. The van der Waals surface area contributed by atoms with Crippen molar-refractivity contribution in [2.24, 2.45) is 7.05 Å². The van der Waals surface area contributed by atoms with E-state index in [0.29, 0.717) is 19.5 Å². The first-order chi connectivity index (χ1) is 13.2. The number of rotatable bonds is 5. The van der Waals surface area contributed by atoms with Crippen molar-refractivity contribution in [1.29, 1.82) is 0 Å². The smallest absolute Gasteiger partial charge is 0.227 e. The summed E-state index contributed by atoms with van der Waals surface area (Å²) in [5.74, 6) is 2.16. The Morgan fingerprint density at radius 3 is 2.96 bits per heavy atom. The Balaban J connectivity index is 1.44. The quantitative estimate of drug-likeness (QED) is 0.683. The second-order valence-corrected chi connectivity index (χ2v) is 6.95. The van der Waals surface area contributed by atoms with Gasteiger partial charge in [0, 0.05) is 50.8 Å². The molecule has 27 heavy (non-hydrogen) atoms. The summed E-state index contributed by atoms with van der Waals surface area (Å²) in [5, 5.41) is 13.0. The Bertz CT molecular complexity index is 888. The summed E-state index contributed by atoms with van der Waals surface area (Å²) in [7, 11) is 1.99. The maximum atomic E-state index is 12.7. The van der Waals surface area contributed by atoms with Crippen LogP contribution in [0.3, 0.4) is 0 Å². The van der Waals surface area contributed by atoms with Crippen LogP contribution in [0, 0.1) is 0 Å². The van der Waals surface area contributed by atoms with Gasteiger partial charge in [-0.3, -0.25) is 14.5 Å². The van der Waals surface area contributed by atoms with Gasteiger partial charge in [-0.25, -0.2) is 0 Å². The lowest BCUT2D eigenvalue weighted by molar-refractivity contribution is -0.131. The van der Waals surface area contributed by atoms with Crippen LogP contribution < -0.4 is 0 Å². The number of carbonyl (C=O) groups is 1. The Labute approximate surface area is 157 Å². The highest BCUT2D eigenvalue weighted by Crippen LogP contribution is 2.26. The molecule has 0 bridgehead atoms. The van der Waals surface area contributed by atoms with Crippen LogP contribution >= 0.6 is 0 Å². The van der Waals surface area contributed by atoms with Crippen LogP contribution in [0.1, 0.15) is 36.0 Å². The standard InChI is InChI=1S/C19H23N7O/c1-24-17(14-26-10-4-8-21-26)22-23-19(24)16-6-3-9-25(13-16)18(27)11-15-5-2-7-20-12-15/h2,4-5,7-8,10,12,16H,3,6,9,11,13-14H2,1H3. The topological polar surface area (TPSA) is 81.7 Å². The second kappa shape index (κ2) is 7.69. The first-order valence-electron chi connectivity index (χ1n) is 9.23. The highest BCUT2D eigenvalue weighted by molar-refractivity contribution is 5.78. The molecule has 1 atom stereocenters. The minimum atomic E-state index is 0.145. The van der Waals surface area contributed by atoms with Gasteiger partial charge in [-0.1, -0.05) is 6.07 Å². The molecule has 4 heterocycles. The molecule has 1 aliphatic rings. The number of hydrogen-bond acceptors (Lipinski definition) is 5. The Kier molecular flexibility index (Phi) is 4.95. The zero-order valence-corrected chi connectivity index (χ0v) is 15.4. The van der Waals surface area contributed by atoms with Crippen molar-refractivity contribution in [3.63, 3.8) is 0 Å². The van der Waals surface area contributed by atoms with Crippen LogP contribution in [0.5, 0.6) is 0 Å². The van der Waals surface area contributed by atoms with Crippen molar-refractivity contribution in [3.8, 4) is 0 Å². The van der Waals surface area contributed by atoms with Crippen molar-refractivity contribution >= 4 is 5.91 Å². The number of likely N-dealkylation sites (tertiary alicyclic amines) is 1. The van der Waals surface area contributed by atoms with E-state index in [1.807, 2.05) is 45.6 Å². The van der Waals surface area contributed by atoms with Gasteiger partial charge in [0.1, 0.15) is 12.4 Å². The van der Waals surface area contributed by atoms with Gasteiger partial charge >= 0.3 is 0 Å². The van der Waals surface area contributed by atoms with Crippen LogP contribution in [0.25, 0.3) is 0 Å². The largest absolute Gasteiger partial charge is 0.342 e. The van der Waals surface area contributed by atoms with Crippen molar-refractivity contribution < 1.29 is 4.79 Å². The lowest BCUT2D eigenvalue weighted by Crippen LogP contribution is -2.40. The third-order valence-corrected chi connectivity index (χ3v) is 5.08. The van der Waals surface area contributed by atoms with Gasteiger partial charge in [0.25, 0.3) is 0 Å². The molecule has 1 aliphatic heterocycles. The number of pyridine rings is 1. The van der Waals surface area contributed by atoms with Crippen LogP contribution in [-0.2, 0) is 24.8 Å². The molecule has 3 aromatic heterocycles. The molecule has 1 amide bonds. The van der Waals surface area contributed by atoms with Gasteiger partial charge in [-0.2, -0.15) is 5.10 Å². The molecule has 1 unspecified atom stereocenters. The number of nitrogens with zero attached hydrogens (tertiary/aromatic N) is 7. The predicted molar refractivity (Wildman–Crippen MR) is 98.8 cm³/mol. The summed E-state index contributed by atoms with van der Waals surface area (Å²) in [6, 6.07) is 5.70. The minimum absolute atomic E-state index is 0.145.